The van der Waals surface area contributed by atoms with E-state index in [0.717, 1.165) is 18.7 Å². The summed E-state index contributed by atoms with van der Waals surface area (Å²) in [4.78, 5) is 2.63. The summed E-state index contributed by atoms with van der Waals surface area (Å²) in [6.07, 6.45) is 6.55. The van der Waals surface area contributed by atoms with Gasteiger partial charge in [-0.3, -0.25) is 4.90 Å². The summed E-state index contributed by atoms with van der Waals surface area (Å²) in [5.74, 6) is 1.10. The molecule has 2 heterocycles. The van der Waals surface area contributed by atoms with Crippen LogP contribution in [0.4, 0.5) is 0 Å². The highest BCUT2D eigenvalue weighted by molar-refractivity contribution is 5.01. The van der Waals surface area contributed by atoms with E-state index in [9.17, 15) is 0 Å². The SMILES string of the molecule is CCCNC1CCN(C(C)Cc2ccco2)C(C)C1. The summed E-state index contributed by atoms with van der Waals surface area (Å²) in [6.45, 7) is 9.26. The number of likely N-dealkylation sites (tertiary alicyclic amines) is 1. The van der Waals surface area contributed by atoms with Crippen LogP contribution in [-0.4, -0.2) is 36.1 Å². The molecule has 0 bridgehead atoms. The Kier molecular flexibility index (Phi) is 5.46. The van der Waals surface area contributed by atoms with Crippen LogP contribution >= 0.6 is 0 Å². The molecule has 0 aliphatic carbocycles. The van der Waals surface area contributed by atoms with Gasteiger partial charge in [0.05, 0.1) is 6.26 Å². The second kappa shape index (κ2) is 7.11. The van der Waals surface area contributed by atoms with Gasteiger partial charge in [0, 0.05) is 31.1 Å². The lowest BCUT2D eigenvalue weighted by atomic mass is 9.95. The molecule has 1 saturated heterocycles. The number of rotatable bonds is 6. The minimum absolute atomic E-state index is 0.563. The zero-order chi connectivity index (χ0) is 13.7. The highest BCUT2D eigenvalue weighted by Gasteiger charge is 2.28. The molecule has 19 heavy (non-hydrogen) atoms. The first kappa shape index (κ1) is 14.6. The average Bonchev–Trinajstić information content (AvgIpc) is 2.89. The topological polar surface area (TPSA) is 28.4 Å². The van der Waals surface area contributed by atoms with E-state index >= 15 is 0 Å². The molecule has 3 unspecified atom stereocenters. The molecule has 0 saturated carbocycles. The first-order valence-corrected chi connectivity index (χ1v) is 7.72. The van der Waals surface area contributed by atoms with Crippen molar-refractivity contribution in [3.8, 4) is 0 Å². The Morgan fingerprint density at radius 3 is 3.00 bits per heavy atom. The molecular weight excluding hydrogens is 236 g/mol. The molecule has 0 spiro atoms. The molecule has 1 aliphatic rings. The minimum Gasteiger partial charge on any atom is -0.469 e. The van der Waals surface area contributed by atoms with Crippen molar-refractivity contribution in [3.63, 3.8) is 0 Å². The van der Waals surface area contributed by atoms with Gasteiger partial charge in [0.1, 0.15) is 5.76 Å². The van der Waals surface area contributed by atoms with Crippen LogP contribution < -0.4 is 5.32 Å². The van der Waals surface area contributed by atoms with E-state index in [2.05, 4.69) is 37.1 Å². The van der Waals surface area contributed by atoms with Crippen molar-refractivity contribution < 1.29 is 4.42 Å². The number of hydrogen-bond acceptors (Lipinski definition) is 3. The Bertz CT molecular complexity index is 350. The Balaban J connectivity index is 1.81. The molecule has 3 heteroatoms. The number of nitrogens with zero attached hydrogens (tertiary/aromatic N) is 1. The molecule has 1 aromatic rings. The molecule has 0 radical (unpaired) electrons. The highest BCUT2D eigenvalue weighted by Crippen LogP contribution is 2.21. The van der Waals surface area contributed by atoms with Crippen LogP contribution in [0, 0.1) is 0 Å². The Labute approximate surface area is 117 Å². The lowest BCUT2D eigenvalue weighted by Gasteiger charge is -2.41. The van der Waals surface area contributed by atoms with Gasteiger partial charge in [0.15, 0.2) is 0 Å². The second-order valence-corrected chi connectivity index (χ2v) is 5.89. The van der Waals surface area contributed by atoms with Gasteiger partial charge in [0.2, 0.25) is 0 Å². The van der Waals surface area contributed by atoms with E-state index in [-0.39, 0.29) is 0 Å². The van der Waals surface area contributed by atoms with Crippen molar-refractivity contribution in [2.75, 3.05) is 13.1 Å². The molecule has 2 rings (SSSR count). The predicted octanol–water partition coefficient (Wildman–Crippen LogP) is 3.06. The van der Waals surface area contributed by atoms with Crippen LogP contribution in [0.3, 0.4) is 0 Å². The summed E-state index contributed by atoms with van der Waals surface area (Å²) >= 11 is 0. The van der Waals surface area contributed by atoms with E-state index in [4.69, 9.17) is 4.42 Å². The van der Waals surface area contributed by atoms with Crippen molar-refractivity contribution in [1.29, 1.82) is 0 Å². The third-order valence-electron chi connectivity index (χ3n) is 4.25. The highest BCUT2D eigenvalue weighted by atomic mass is 16.3. The second-order valence-electron chi connectivity index (χ2n) is 5.89. The van der Waals surface area contributed by atoms with Gasteiger partial charge in [-0.1, -0.05) is 6.92 Å². The first-order valence-electron chi connectivity index (χ1n) is 7.72. The molecule has 1 aliphatic heterocycles. The first-order chi connectivity index (χ1) is 9.20. The molecular formula is C16H28N2O. The maximum absolute atomic E-state index is 5.47. The summed E-state index contributed by atoms with van der Waals surface area (Å²) in [5.41, 5.74) is 0. The van der Waals surface area contributed by atoms with Crippen molar-refractivity contribution in [2.45, 2.75) is 64.6 Å². The van der Waals surface area contributed by atoms with Crippen LogP contribution in [0.5, 0.6) is 0 Å². The predicted molar refractivity (Wildman–Crippen MR) is 79.4 cm³/mol. The number of nitrogens with one attached hydrogen (secondary N) is 1. The third kappa shape index (κ3) is 4.08. The molecule has 3 atom stereocenters. The Morgan fingerprint density at radius 1 is 1.53 bits per heavy atom. The minimum atomic E-state index is 0.563. The molecule has 1 N–H and O–H groups in total. The van der Waals surface area contributed by atoms with Crippen LogP contribution in [0.1, 0.15) is 45.8 Å². The quantitative estimate of drug-likeness (QED) is 0.856. The third-order valence-corrected chi connectivity index (χ3v) is 4.25. The lowest BCUT2D eigenvalue weighted by Crippen LogP contribution is -2.51. The van der Waals surface area contributed by atoms with E-state index in [1.54, 1.807) is 6.26 Å². The fraction of sp³-hybridized carbons (Fsp3) is 0.750. The average molecular weight is 264 g/mol. The standard InChI is InChI=1S/C16H28N2O/c1-4-8-17-15-7-9-18(13(2)11-15)14(3)12-16-6-5-10-19-16/h5-6,10,13-15,17H,4,7-9,11-12H2,1-3H3. The molecule has 108 valence electrons. The lowest BCUT2D eigenvalue weighted by molar-refractivity contribution is 0.0930. The number of piperidine rings is 1. The number of hydrogen-bond donors (Lipinski definition) is 1. The zero-order valence-corrected chi connectivity index (χ0v) is 12.6. The molecule has 0 aromatic carbocycles. The van der Waals surface area contributed by atoms with E-state index in [0.29, 0.717) is 18.1 Å². The van der Waals surface area contributed by atoms with Crippen molar-refractivity contribution in [3.05, 3.63) is 24.2 Å². The van der Waals surface area contributed by atoms with Gasteiger partial charge in [-0.25, -0.2) is 0 Å². The van der Waals surface area contributed by atoms with Crippen LogP contribution in [-0.2, 0) is 6.42 Å². The van der Waals surface area contributed by atoms with Crippen LogP contribution in [0.2, 0.25) is 0 Å². The van der Waals surface area contributed by atoms with Gasteiger partial charge in [-0.15, -0.1) is 0 Å². The Hall–Kier alpha value is -0.800. The van der Waals surface area contributed by atoms with Crippen LogP contribution in [0.15, 0.2) is 22.8 Å². The smallest absolute Gasteiger partial charge is 0.105 e. The fourth-order valence-electron chi connectivity index (χ4n) is 3.22. The number of furan rings is 1. The summed E-state index contributed by atoms with van der Waals surface area (Å²) in [6, 6.07) is 5.99. The zero-order valence-electron chi connectivity index (χ0n) is 12.6. The molecule has 3 nitrogen and oxygen atoms in total. The van der Waals surface area contributed by atoms with Gasteiger partial charge < -0.3 is 9.73 Å². The fourth-order valence-corrected chi connectivity index (χ4v) is 3.22. The monoisotopic (exact) mass is 264 g/mol. The molecule has 1 fully saturated rings. The van der Waals surface area contributed by atoms with E-state index in [1.807, 2.05) is 6.07 Å². The van der Waals surface area contributed by atoms with Gasteiger partial charge in [-0.05, 0) is 51.8 Å². The molecule has 1 aromatic heterocycles. The van der Waals surface area contributed by atoms with E-state index in [1.165, 1.54) is 25.8 Å². The normalized spacial score (nSPS) is 26.5. The summed E-state index contributed by atoms with van der Waals surface area (Å²) in [5, 5.41) is 3.66. The summed E-state index contributed by atoms with van der Waals surface area (Å²) in [7, 11) is 0. The Morgan fingerprint density at radius 2 is 2.37 bits per heavy atom. The largest absolute Gasteiger partial charge is 0.469 e. The summed E-state index contributed by atoms with van der Waals surface area (Å²) < 4.78 is 5.47. The maximum atomic E-state index is 5.47. The van der Waals surface area contributed by atoms with E-state index < -0.39 is 0 Å². The van der Waals surface area contributed by atoms with Crippen LogP contribution in [0.25, 0.3) is 0 Å². The van der Waals surface area contributed by atoms with Gasteiger partial charge >= 0.3 is 0 Å². The molecule has 0 amide bonds. The van der Waals surface area contributed by atoms with Crippen molar-refractivity contribution in [2.24, 2.45) is 0 Å². The van der Waals surface area contributed by atoms with Gasteiger partial charge in [-0.2, -0.15) is 0 Å². The maximum Gasteiger partial charge on any atom is 0.105 e. The van der Waals surface area contributed by atoms with Crippen molar-refractivity contribution >= 4 is 0 Å². The van der Waals surface area contributed by atoms with Crippen molar-refractivity contribution in [1.82, 2.24) is 10.2 Å². The van der Waals surface area contributed by atoms with Gasteiger partial charge in [0.25, 0.3) is 0 Å².